The molecule has 7 heteroatoms. The molecular formula is C14H17BrN2O3S. The van der Waals surface area contributed by atoms with Crippen molar-refractivity contribution in [2.75, 3.05) is 4.72 Å². The Hall–Kier alpha value is -1.31. The molecule has 0 amide bonds. The van der Waals surface area contributed by atoms with E-state index in [0.29, 0.717) is 24.0 Å². The first-order valence-electron chi connectivity index (χ1n) is 6.47. The fraction of sp³-hybridized carbons (Fsp3) is 0.286. The number of halogens is 1. The number of rotatable bonds is 6. The van der Waals surface area contributed by atoms with E-state index >= 15 is 0 Å². The topological polar surface area (TPSA) is 71.3 Å². The first kappa shape index (κ1) is 16.1. The highest BCUT2D eigenvalue weighted by Crippen LogP contribution is 2.20. The van der Waals surface area contributed by atoms with Crippen molar-refractivity contribution in [3.05, 3.63) is 46.6 Å². The van der Waals surface area contributed by atoms with Crippen LogP contribution in [0.15, 0.2) is 50.4 Å². The van der Waals surface area contributed by atoms with Crippen LogP contribution >= 0.6 is 15.9 Å². The lowest BCUT2D eigenvalue weighted by molar-refractivity contribution is 0.396. The molecule has 0 unspecified atom stereocenters. The van der Waals surface area contributed by atoms with Gasteiger partial charge in [-0.05, 0) is 36.4 Å². The number of hydrogen-bond acceptors (Lipinski definition) is 4. The number of furan rings is 1. The maximum atomic E-state index is 12.2. The van der Waals surface area contributed by atoms with Gasteiger partial charge in [-0.3, -0.25) is 4.72 Å². The first-order valence-corrected chi connectivity index (χ1v) is 8.75. The Morgan fingerprint density at radius 1 is 1.14 bits per heavy atom. The fourth-order valence-electron chi connectivity index (χ4n) is 1.63. The van der Waals surface area contributed by atoms with Crippen molar-refractivity contribution in [1.82, 2.24) is 5.32 Å². The molecule has 114 valence electrons. The molecule has 1 aromatic carbocycles. The Labute approximate surface area is 132 Å². The van der Waals surface area contributed by atoms with Crippen LogP contribution in [0, 0.1) is 0 Å². The quantitative estimate of drug-likeness (QED) is 0.815. The summed E-state index contributed by atoms with van der Waals surface area (Å²) >= 11 is 3.30. The van der Waals surface area contributed by atoms with Crippen LogP contribution in [0.2, 0.25) is 0 Å². The lowest BCUT2D eigenvalue weighted by Gasteiger charge is -2.06. The van der Waals surface area contributed by atoms with Gasteiger partial charge in [0.25, 0.3) is 10.0 Å². The number of benzene rings is 1. The SMILES string of the molecule is CC(C)NCc1ccc(S(=O)(=O)Nc2ccc(Br)cc2)o1. The molecule has 0 aliphatic rings. The van der Waals surface area contributed by atoms with Gasteiger partial charge >= 0.3 is 0 Å². The normalized spacial score (nSPS) is 11.8. The summed E-state index contributed by atoms with van der Waals surface area (Å²) in [7, 11) is -3.70. The van der Waals surface area contributed by atoms with E-state index in [-0.39, 0.29) is 5.09 Å². The molecule has 0 saturated carbocycles. The molecular weight excluding hydrogens is 356 g/mol. The van der Waals surface area contributed by atoms with Gasteiger partial charge in [0.15, 0.2) is 0 Å². The average Bonchev–Trinajstić information content (AvgIpc) is 2.88. The van der Waals surface area contributed by atoms with Crippen molar-refractivity contribution in [3.63, 3.8) is 0 Å². The molecule has 0 atom stereocenters. The second-order valence-corrected chi connectivity index (χ2v) is 7.40. The lowest BCUT2D eigenvalue weighted by Crippen LogP contribution is -2.21. The zero-order valence-electron chi connectivity index (χ0n) is 11.8. The van der Waals surface area contributed by atoms with Crippen LogP contribution in [-0.4, -0.2) is 14.5 Å². The minimum Gasteiger partial charge on any atom is -0.446 e. The lowest BCUT2D eigenvalue weighted by atomic mass is 10.3. The standard InChI is InChI=1S/C14H17BrN2O3S/c1-10(2)16-9-13-7-8-14(20-13)21(18,19)17-12-5-3-11(15)4-6-12/h3-8,10,16-17H,9H2,1-2H3. The number of anilines is 1. The van der Waals surface area contributed by atoms with Gasteiger partial charge in [0, 0.05) is 16.2 Å². The molecule has 0 aliphatic heterocycles. The van der Waals surface area contributed by atoms with E-state index in [4.69, 9.17) is 4.42 Å². The molecule has 21 heavy (non-hydrogen) atoms. The van der Waals surface area contributed by atoms with Gasteiger partial charge in [0.05, 0.1) is 6.54 Å². The Balaban J connectivity index is 2.10. The second-order valence-electron chi connectivity index (χ2n) is 4.87. The predicted molar refractivity (Wildman–Crippen MR) is 85.6 cm³/mol. The highest BCUT2D eigenvalue weighted by molar-refractivity contribution is 9.10. The van der Waals surface area contributed by atoms with E-state index in [1.54, 1.807) is 30.3 Å². The van der Waals surface area contributed by atoms with E-state index in [1.165, 1.54) is 6.07 Å². The molecule has 1 heterocycles. The van der Waals surface area contributed by atoms with Crippen LogP contribution in [0.4, 0.5) is 5.69 Å². The summed E-state index contributed by atoms with van der Waals surface area (Å²) in [6.07, 6.45) is 0. The van der Waals surface area contributed by atoms with E-state index in [1.807, 2.05) is 13.8 Å². The average molecular weight is 373 g/mol. The van der Waals surface area contributed by atoms with Crippen molar-refractivity contribution in [3.8, 4) is 0 Å². The van der Waals surface area contributed by atoms with Gasteiger partial charge in [0.1, 0.15) is 5.76 Å². The van der Waals surface area contributed by atoms with Crippen LogP contribution in [0.5, 0.6) is 0 Å². The maximum Gasteiger partial charge on any atom is 0.295 e. The third-order valence-electron chi connectivity index (χ3n) is 2.68. The van der Waals surface area contributed by atoms with Crippen molar-refractivity contribution >= 4 is 31.6 Å². The summed E-state index contributed by atoms with van der Waals surface area (Å²) < 4.78 is 33.1. The number of sulfonamides is 1. The van der Waals surface area contributed by atoms with Crippen LogP contribution in [0.1, 0.15) is 19.6 Å². The molecule has 0 aliphatic carbocycles. The summed E-state index contributed by atoms with van der Waals surface area (Å²) in [6.45, 7) is 4.51. The van der Waals surface area contributed by atoms with Crippen molar-refractivity contribution in [2.24, 2.45) is 0 Å². The van der Waals surface area contributed by atoms with Gasteiger partial charge in [-0.2, -0.15) is 8.42 Å². The van der Waals surface area contributed by atoms with Crippen LogP contribution < -0.4 is 10.0 Å². The minimum atomic E-state index is -3.70. The Bertz CT molecular complexity index is 693. The van der Waals surface area contributed by atoms with E-state index in [0.717, 1.165) is 4.47 Å². The predicted octanol–water partition coefficient (Wildman–Crippen LogP) is 3.34. The largest absolute Gasteiger partial charge is 0.446 e. The minimum absolute atomic E-state index is 0.0917. The van der Waals surface area contributed by atoms with Gasteiger partial charge < -0.3 is 9.73 Å². The smallest absolute Gasteiger partial charge is 0.295 e. The zero-order valence-corrected chi connectivity index (χ0v) is 14.2. The van der Waals surface area contributed by atoms with Gasteiger partial charge in [-0.25, -0.2) is 0 Å². The second kappa shape index (κ2) is 6.64. The number of hydrogen-bond donors (Lipinski definition) is 2. The summed E-state index contributed by atoms with van der Waals surface area (Å²) in [5, 5.41) is 3.08. The molecule has 1 aromatic heterocycles. The summed E-state index contributed by atoms with van der Waals surface area (Å²) in [6, 6.07) is 10.3. The third kappa shape index (κ3) is 4.59. The molecule has 0 fully saturated rings. The van der Waals surface area contributed by atoms with E-state index in [2.05, 4.69) is 26.0 Å². The van der Waals surface area contributed by atoms with Crippen LogP contribution in [0.3, 0.4) is 0 Å². The van der Waals surface area contributed by atoms with Gasteiger partial charge in [-0.1, -0.05) is 29.8 Å². The van der Waals surface area contributed by atoms with Gasteiger partial charge in [-0.15, -0.1) is 0 Å². The zero-order chi connectivity index (χ0) is 15.5. The summed E-state index contributed by atoms with van der Waals surface area (Å²) in [5.41, 5.74) is 0.483. The van der Waals surface area contributed by atoms with Crippen molar-refractivity contribution in [2.45, 2.75) is 31.5 Å². The Kier molecular flexibility index (Phi) is 5.08. The fourth-order valence-corrected chi connectivity index (χ4v) is 2.90. The van der Waals surface area contributed by atoms with E-state index < -0.39 is 10.0 Å². The van der Waals surface area contributed by atoms with Crippen molar-refractivity contribution in [1.29, 1.82) is 0 Å². The van der Waals surface area contributed by atoms with Crippen molar-refractivity contribution < 1.29 is 12.8 Å². The molecule has 5 nitrogen and oxygen atoms in total. The summed E-state index contributed by atoms with van der Waals surface area (Å²) in [5.74, 6) is 0.583. The molecule has 2 rings (SSSR count). The molecule has 0 saturated heterocycles. The summed E-state index contributed by atoms with van der Waals surface area (Å²) in [4.78, 5) is 0. The van der Waals surface area contributed by atoms with Gasteiger partial charge in [0.2, 0.25) is 5.09 Å². The molecule has 2 aromatic rings. The monoisotopic (exact) mass is 372 g/mol. The van der Waals surface area contributed by atoms with Crippen LogP contribution in [0.25, 0.3) is 0 Å². The maximum absolute atomic E-state index is 12.2. The first-order chi connectivity index (χ1) is 9.87. The Morgan fingerprint density at radius 2 is 1.81 bits per heavy atom. The number of nitrogens with one attached hydrogen (secondary N) is 2. The Morgan fingerprint density at radius 3 is 2.43 bits per heavy atom. The molecule has 0 radical (unpaired) electrons. The highest BCUT2D eigenvalue weighted by atomic mass is 79.9. The molecule has 0 bridgehead atoms. The third-order valence-corrected chi connectivity index (χ3v) is 4.47. The van der Waals surface area contributed by atoms with E-state index in [9.17, 15) is 8.42 Å². The molecule has 2 N–H and O–H groups in total. The van der Waals surface area contributed by atoms with Crippen LogP contribution in [-0.2, 0) is 16.6 Å². The molecule has 0 spiro atoms. The highest BCUT2D eigenvalue weighted by Gasteiger charge is 2.19.